The molecular weight excluding hydrogens is 144 g/mol. The van der Waals surface area contributed by atoms with E-state index in [1.807, 2.05) is 23.8 Å². The van der Waals surface area contributed by atoms with Gasteiger partial charge in [-0.1, -0.05) is 6.92 Å². The molecule has 0 fully saturated rings. The third-order valence-corrected chi connectivity index (χ3v) is 2.35. The van der Waals surface area contributed by atoms with E-state index < -0.39 is 0 Å². The molecule has 0 N–H and O–H groups in total. The predicted molar refractivity (Wildman–Crippen MR) is 43.4 cm³/mol. The van der Waals surface area contributed by atoms with Crippen molar-refractivity contribution in [2.45, 2.75) is 19.8 Å². The largest absolute Gasteiger partial charge is 0.299 e. The van der Waals surface area contributed by atoms with Crippen LogP contribution < -0.4 is 0 Å². The molecule has 0 aliphatic rings. The number of Topliss-reactive ketones (excluding diaryl/α,β-unsaturated/α-hetero) is 1. The summed E-state index contributed by atoms with van der Waals surface area (Å²) < 4.78 is 0. The molecule has 0 spiro atoms. The Balaban J connectivity index is 2.77. The number of carbonyl (C=O) groups excluding carboxylic acids is 1. The normalized spacial score (nSPS) is 13.0. The summed E-state index contributed by atoms with van der Waals surface area (Å²) in [5, 5.41) is 4.01. The Kier molecular flexibility index (Phi) is 2.22. The third-order valence-electron chi connectivity index (χ3n) is 1.65. The molecule has 0 saturated carbocycles. The Labute approximate surface area is 64.7 Å². The maximum absolute atomic E-state index is 10.8. The highest BCUT2D eigenvalue weighted by Gasteiger charge is 2.09. The lowest BCUT2D eigenvalue weighted by atomic mass is 10.0. The smallest absolute Gasteiger partial charge is 0.137 e. The Morgan fingerprint density at radius 1 is 1.70 bits per heavy atom. The van der Waals surface area contributed by atoms with Gasteiger partial charge in [-0.15, -0.1) is 0 Å². The molecule has 1 aromatic heterocycles. The van der Waals surface area contributed by atoms with Gasteiger partial charge in [-0.05, 0) is 29.3 Å². The van der Waals surface area contributed by atoms with Crippen LogP contribution >= 0.6 is 11.3 Å². The van der Waals surface area contributed by atoms with Crippen LogP contribution in [0.5, 0.6) is 0 Å². The Morgan fingerprint density at radius 3 is 2.80 bits per heavy atom. The zero-order valence-electron chi connectivity index (χ0n) is 6.13. The van der Waals surface area contributed by atoms with E-state index in [4.69, 9.17) is 0 Å². The van der Waals surface area contributed by atoms with Gasteiger partial charge < -0.3 is 0 Å². The molecule has 2 heteroatoms. The molecule has 0 bridgehead atoms. The number of ketones is 1. The molecule has 1 nitrogen and oxygen atoms in total. The van der Waals surface area contributed by atoms with Gasteiger partial charge in [0.2, 0.25) is 0 Å². The van der Waals surface area contributed by atoms with Gasteiger partial charge >= 0.3 is 0 Å². The first-order valence-corrected chi connectivity index (χ1v) is 4.18. The summed E-state index contributed by atoms with van der Waals surface area (Å²) in [6, 6.07) is 2.00. The van der Waals surface area contributed by atoms with Gasteiger partial charge in [0.1, 0.15) is 5.78 Å². The minimum Gasteiger partial charge on any atom is -0.299 e. The Morgan fingerprint density at radius 2 is 2.40 bits per heavy atom. The van der Waals surface area contributed by atoms with E-state index in [0.717, 1.165) is 5.56 Å². The zero-order valence-corrected chi connectivity index (χ0v) is 6.94. The fourth-order valence-electron chi connectivity index (χ4n) is 0.756. The summed E-state index contributed by atoms with van der Waals surface area (Å²) in [5.41, 5.74) is 1.14. The Bertz CT molecular complexity index is 213. The molecule has 1 aromatic rings. The van der Waals surface area contributed by atoms with Crippen molar-refractivity contribution < 1.29 is 4.79 Å². The second-order valence-electron chi connectivity index (χ2n) is 2.39. The number of carbonyl (C=O) groups is 1. The van der Waals surface area contributed by atoms with Crippen molar-refractivity contribution >= 4 is 17.1 Å². The summed E-state index contributed by atoms with van der Waals surface area (Å²) in [5.74, 6) is 0.310. The molecule has 10 heavy (non-hydrogen) atoms. The number of hydrogen-bond donors (Lipinski definition) is 0. The molecule has 1 unspecified atom stereocenters. The first kappa shape index (κ1) is 7.48. The number of rotatable bonds is 2. The van der Waals surface area contributed by atoms with E-state index in [1.165, 1.54) is 0 Å². The highest BCUT2D eigenvalue weighted by molar-refractivity contribution is 7.08. The molecule has 0 radical (unpaired) electrons. The SMILES string of the molecule is CC(=O)C(C)c1ccsc1. The van der Waals surface area contributed by atoms with Crippen molar-refractivity contribution in [2.24, 2.45) is 0 Å². The van der Waals surface area contributed by atoms with Gasteiger partial charge in [0.05, 0.1) is 0 Å². The predicted octanol–water partition coefficient (Wildman–Crippen LogP) is 2.44. The van der Waals surface area contributed by atoms with Gasteiger partial charge in [-0.2, -0.15) is 11.3 Å². The van der Waals surface area contributed by atoms with Crippen LogP contribution in [-0.4, -0.2) is 5.78 Å². The molecule has 0 aliphatic heterocycles. The van der Waals surface area contributed by atoms with Crippen LogP contribution in [0.4, 0.5) is 0 Å². The Hall–Kier alpha value is -0.630. The second-order valence-corrected chi connectivity index (χ2v) is 3.17. The van der Waals surface area contributed by atoms with Crippen LogP contribution in [0.1, 0.15) is 25.3 Å². The third kappa shape index (κ3) is 1.45. The summed E-state index contributed by atoms with van der Waals surface area (Å²) >= 11 is 1.63. The maximum Gasteiger partial charge on any atom is 0.137 e. The van der Waals surface area contributed by atoms with Crippen LogP contribution in [0.2, 0.25) is 0 Å². The minimum absolute atomic E-state index is 0.0752. The van der Waals surface area contributed by atoms with Crippen LogP contribution in [0.15, 0.2) is 16.8 Å². The maximum atomic E-state index is 10.8. The minimum atomic E-state index is 0.0752. The topological polar surface area (TPSA) is 17.1 Å². The lowest BCUT2D eigenvalue weighted by Crippen LogP contribution is -2.01. The fraction of sp³-hybridized carbons (Fsp3) is 0.375. The van der Waals surface area contributed by atoms with Crippen LogP contribution in [0, 0.1) is 0 Å². The van der Waals surface area contributed by atoms with Crippen LogP contribution in [-0.2, 0) is 4.79 Å². The van der Waals surface area contributed by atoms with E-state index in [1.54, 1.807) is 18.3 Å². The van der Waals surface area contributed by atoms with Crippen molar-refractivity contribution in [3.8, 4) is 0 Å². The molecule has 1 heterocycles. The lowest BCUT2D eigenvalue weighted by molar-refractivity contribution is -0.118. The van der Waals surface area contributed by atoms with E-state index in [9.17, 15) is 4.79 Å². The van der Waals surface area contributed by atoms with Gasteiger partial charge in [0, 0.05) is 5.92 Å². The van der Waals surface area contributed by atoms with Crippen LogP contribution in [0.25, 0.3) is 0 Å². The first-order valence-electron chi connectivity index (χ1n) is 3.24. The lowest BCUT2D eigenvalue weighted by Gasteiger charge is -2.02. The monoisotopic (exact) mass is 154 g/mol. The number of hydrogen-bond acceptors (Lipinski definition) is 2. The highest BCUT2D eigenvalue weighted by atomic mass is 32.1. The van der Waals surface area contributed by atoms with Crippen molar-refractivity contribution in [3.05, 3.63) is 22.4 Å². The van der Waals surface area contributed by atoms with Crippen LogP contribution in [0.3, 0.4) is 0 Å². The van der Waals surface area contributed by atoms with Gasteiger partial charge in [-0.3, -0.25) is 4.79 Å². The first-order chi connectivity index (χ1) is 4.72. The standard InChI is InChI=1S/C8H10OS/c1-6(7(2)9)8-3-4-10-5-8/h3-6H,1-2H3. The molecule has 0 saturated heterocycles. The van der Waals surface area contributed by atoms with Crippen molar-refractivity contribution in [1.29, 1.82) is 0 Å². The van der Waals surface area contributed by atoms with E-state index in [2.05, 4.69) is 0 Å². The average Bonchev–Trinajstić information content (AvgIpc) is 2.36. The summed E-state index contributed by atoms with van der Waals surface area (Å²) in [4.78, 5) is 10.8. The number of thiophene rings is 1. The second kappa shape index (κ2) is 2.97. The molecule has 0 aliphatic carbocycles. The zero-order chi connectivity index (χ0) is 7.56. The van der Waals surface area contributed by atoms with Crippen molar-refractivity contribution in [3.63, 3.8) is 0 Å². The van der Waals surface area contributed by atoms with Gasteiger partial charge in [-0.25, -0.2) is 0 Å². The summed E-state index contributed by atoms with van der Waals surface area (Å²) in [7, 11) is 0. The fourth-order valence-corrected chi connectivity index (χ4v) is 1.51. The van der Waals surface area contributed by atoms with Crippen molar-refractivity contribution in [1.82, 2.24) is 0 Å². The summed E-state index contributed by atoms with van der Waals surface area (Å²) in [6.07, 6.45) is 0. The molecule has 54 valence electrons. The van der Waals surface area contributed by atoms with E-state index in [0.29, 0.717) is 0 Å². The van der Waals surface area contributed by atoms with E-state index >= 15 is 0 Å². The molecule has 0 aromatic carbocycles. The highest BCUT2D eigenvalue weighted by Crippen LogP contribution is 2.18. The average molecular weight is 154 g/mol. The molecular formula is C8H10OS. The summed E-state index contributed by atoms with van der Waals surface area (Å²) in [6.45, 7) is 3.56. The van der Waals surface area contributed by atoms with E-state index in [-0.39, 0.29) is 11.7 Å². The molecule has 1 rings (SSSR count). The van der Waals surface area contributed by atoms with Gasteiger partial charge in [0.15, 0.2) is 0 Å². The molecule has 0 amide bonds. The quantitative estimate of drug-likeness (QED) is 0.639. The molecule has 1 atom stereocenters. The van der Waals surface area contributed by atoms with Crippen molar-refractivity contribution in [2.75, 3.05) is 0 Å². The van der Waals surface area contributed by atoms with Gasteiger partial charge in [0.25, 0.3) is 0 Å².